The van der Waals surface area contributed by atoms with E-state index in [1.165, 1.54) is 29.5 Å². The molecule has 23 heavy (non-hydrogen) atoms. The summed E-state index contributed by atoms with van der Waals surface area (Å²) in [7, 11) is 0. The molecule has 2 aromatic rings. The van der Waals surface area contributed by atoms with Crippen LogP contribution in [0, 0.1) is 17.8 Å². The Kier molecular flexibility index (Phi) is 2.44. The highest BCUT2D eigenvalue weighted by Gasteiger charge is 2.60. The van der Waals surface area contributed by atoms with Crippen LogP contribution < -0.4 is 5.48 Å². The number of hydrogen-bond acceptors (Lipinski definition) is 5. The van der Waals surface area contributed by atoms with Crippen LogP contribution in [0.25, 0.3) is 10.1 Å². The molecule has 2 unspecified atom stereocenters. The van der Waals surface area contributed by atoms with Crippen LogP contribution in [0.15, 0.2) is 34.6 Å². The second kappa shape index (κ2) is 4.35. The zero-order valence-corrected chi connectivity index (χ0v) is 13.7. The molecule has 1 spiro atoms. The van der Waals surface area contributed by atoms with E-state index in [-0.39, 0.29) is 5.72 Å². The summed E-state index contributed by atoms with van der Waals surface area (Å²) in [6.45, 7) is 3.59. The fraction of sp³-hybridized carbons (Fsp3) is 0.500. The highest BCUT2D eigenvalue weighted by Crippen LogP contribution is 2.52. The van der Waals surface area contributed by atoms with E-state index in [9.17, 15) is 0 Å². The molecule has 2 atom stereocenters. The molecule has 1 aromatic heterocycles. The monoisotopic (exact) mass is 325 g/mol. The third-order valence-electron chi connectivity index (χ3n) is 6.20. The highest BCUT2D eigenvalue weighted by atomic mass is 32.1. The van der Waals surface area contributed by atoms with Crippen molar-refractivity contribution >= 4 is 27.3 Å². The zero-order valence-electron chi connectivity index (χ0n) is 12.9. The van der Waals surface area contributed by atoms with Gasteiger partial charge in [-0.3, -0.25) is 0 Å². The number of aliphatic imine (C=N–C) groups is 1. The molecule has 4 nitrogen and oxygen atoms in total. The molecule has 7 rings (SSSR count). The number of piperidine rings is 3. The second-order valence-corrected chi connectivity index (χ2v) is 8.49. The number of thiophene rings is 1. The summed E-state index contributed by atoms with van der Waals surface area (Å²) in [4.78, 5) is 14.0. The van der Waals surface area contributed by atoms with E-state index in [2.05, 4.69) is 40.0 Å². The molecule has 3 saturated heterocycles. The number of nitrogens with one attached hydrogen (secondary N) is 1. The van der Waals surface area contributed by atoms with Crippen LogP contribution in [0.2, 0.25) is 0 Å². The number of amidine groups is 1. The van der Waals surface area contributed by atoms with Gasteiger partial charge in [0.2, 0.25) is 0 Å². The first-order valence-corrected chi connectivity index (χ1v) is 9.42. The summed E-state index contributed by atoms with van der Waals surface area (Å²) in [6.07, 6.45) is 2.55. The molecule has 118 valence electrons. The lowest BCUT2D eigenvalue weighted by Gasteiger charge is -2.58. The number of fused-ring (bicyclic) bond motifs is 1. The van der Waals surface area contributed by atoms with E-state index in [1.54, 1.807) is 11.3 Å². The van der Waals surface area contributed by atoms with Crippen molar-refractivity contribution in [3.05, 3.63) is 35.2 Å². The van der Waals surface area contributed by atoms with E-state index in [4.69, 9.17) is 9.83 Å². The molecule has 4 bridgehead atoms. The summed E-state index contributed by atoms with van der Waals surface area (Å²) in [5, 5.41) is 3.43. The van der Waals surface area contributed by atoms with Crippen molar-refractivity contribution in [2.24, 2.45) is 22.7 Å². The number of hydrogen-bond donors (Lipinski definition) is 1. The van der Waals surface area contributed by atoms with Gasteiger partial charge in [-0.15, -0.1) is 11.3 Å². The van der Waals surface area contributed by atoms with Gasteiger partial charge in [0.1, 0.15) is 0 Å². The van der Waals surface area contributed by atoms with Crippen LogP contribution in [0.4, 0.5) is 0 Å². The first-order valence-electron chi connectivity index (χ1n) is 8.54. The molecule has 4 fully saturated rings. The smallest absolute Gasteiger partial charge is 0.195 e. The van der Waals surface area contributed by atoms with E-state index in [0.29, 0.717) is 11.8 Å². The van der Waals surface area contributed by atoms with Gasteiger partial charge >= 0.3 is 0 Å². The standard InChI is InChI=1S/C18H19N3OS/c1-2-16-12(3-4-23-16)7-13(1)17-19-18(22-20-17)14-5-11-6-15(18)10-21(8-11)9-14/h1-4,7,11,14-15H,5-6,8-10H2,(H,19,20). The van der Waals surface area contributed by atoms with Crippen LogP contribution >= 0.6 is 11.3 Å². The Hall–Kier alpha value is -1.43. The van der Waals surface area contributed by atoms with Crippen molar-refractivity contribution < 1.29 is 4.84 Å². The van der Waals surface area contributed by atoms with Crippen LogP contribution in [-0.2, 0) is 4.84 Å². The summed E-state index contributed by atoms with van der Waals surface area (Å²) in [5.41, 5.74) is 4.01. The first-order chi connectivity index (χ1) is 11.3. The minimum atomic E-state index is -0.313. The van der Waals surface area contributed by atoms with Crippen LogP contribution in [0.5, 0.6) is 0 Å². The molecule has 1 aliphatic carbocycles. The van der Waals surface area contributed by atoms with Gasteiger partial charge in [-0.2, -0.15) is 0 Å². The highest BCUT2D eigenvalue weighted by molar-refractivity contribution is 7.17. The number of nitrogens with zero attached hydrogens (tertiary/aromatic N) is 2. The predicted octanol–water partition coefficient (Wildman–Crippen LogP) is 2.85. The molecule has 1 aromatic carbocycles. The minimum Gasteiger partial charge on any atom is -0.302 e. The quantitative estimate of drug-likeness (QED) is 0.876. The third kappa shape index (κ3) is 1.70. The lowest BCUT2D eigenvalue weighted by molar-refractivity contribution is -0.212. The van der Waals surface area contributed by atoms with Crippen molar-refractivity contribution in [2.75, 3.05) is 19.6 Å². The first kappa shape index (κ1) is 12.9. The van der Waals surface area contributed by atoms with Crippen molar-refractivity contribution in [1.82, 2.24) is 10.4 Å². The van der Waals surface area contributed by atoms with Gasteiger partial charge in [0.15, 0.2) is 11.6 Å². The lowest BCUT2D eigenvalue weighted by atomic mass is 9.63. The number of rotatable bonds is 1. The average molecular weight is 325 g/mol. The topological polar surface area (TPSA) is 36.9 Å². The minimum absolute atomic E-state index is 0.313. The van der Waals surface area contributed by atoms with E-state index in [1.807, 2.05) is 0 Å². The van der Waals surface area contributed by atoms with Gasteiger partial charge in [0.25, 0.3) is 0 Å². The summed E-state index contributed by atoms with van der Waals surface area (Å²) in [5.74, 6) is 2.87. The Morgan fingerprint density at radius 1 is 1.17 bits per heavy atom. The summed E-state index contributed by atoms with van der Waals surface area (Å²) < 4.78 is 1.32. The summed E-state index contributed by atoms with van der Waals surface area (Å²) >= 11 is 1.78. The molecular weight excluding hydrogens is 306 g/mol. The van der Waals surface area contributed by atoms with Gasteiger partial charge in [-0.05, 0) is 53.8 Å². The number of benzene rings is 1. The largest absolute Gasteiger partial charge is 0.302 e. The van der Waals surface area contributed by atoms with E-state index < -0.39 is 0 Å². The Morgan fingerprint density at radius 3 is 2.87 bits per heavy atom. The van der Waals surface area contributed by atoms with Crippen molar-refractivity contribution in [3.63, 3.8) is 0 Å². The predicted molar refractivity (Wildman–Crippen MR) is 91.5 cm³/mol. The lowest BCUT2D eigenvalue weighted by Crippen LogP contribution is -2.66. The number of hydroxylamine groups is 1. The van der Waals surface area contributed by atoms with Crippen molar-refractivity contribution in [3.8, 4) is 0 Å². The van der Waals surface area contributed by atoms with Crippen LogP contribution in [0.1, 0.15) is 18.4 Å². The molecule has 1 saturated carbocycles. The molecule has 5 aliphatic rings. The third-order valence-corrected chi connectivity index (χ3v) is 7.10. The Morgan fingerprint density at radius 2 is 2.04 bits per heavy atom. The molecule has 5 heterocycles. The molecule has 0 radical (unpaired) electrons. The zero-order chi connectivity index (χ0) is 15.0. The average Bonchev–Trinajstić information content (AvgIpc) is 3.19. The van der Waals surface area contributed by atoms with Crippen molar-refractivity contribution in [1.29, 1.82) is 0 Å². The van der Waals surface area contributed by atoms with E-state index >= 15 is 0 Å². The summed E-state index contributed by atoms with van der Waals surface area (Å²) in [6, 6.07) is 8.74. The fourth-order valence-corrected chi connectivity index (χ4v) is 6.05. The molecule has 1 N–H and O–H groups in total. The maximum Gasteiger partial charge on any atom is 0.195 e. The molecular formula is C18H19N3OS. The molecule has 4 aliphatic heterocycles. The van der Waals surface area contributed by atoms with Crippen molar-refractivity contribution in [2.45, 2.75) is 18.6 Å². The Labute approximate surface area is 139 Å². The van der Waals surface area contributed by atoms with E-state index in [0.717, 1.165) is 30.4 Å². The maximum absolute atomic E-state index is 6.20. The van der Waals surface area contributed by atoms with Gasteiger partial charge in [0.05, 0.1) is 0 Å². The van der Waals surface area contributed by atoms with Crippen LogP contribution in [0.3, 0.4) is 0 Å². The molecule has 5 heteroatoms. The van der Waals surface area contributed by atoms with Gasteiger partial charge in [-0.25, -0.2) is 15.3 Å². The van der Waals surface area contributed by atoms with Gasteiger partial charge in [0, 0.05) is 41.7 Å². The normalized spacial score (nSPS) is 40.8. The second-order valence-electron chi connectivity index (χ2n) is 7.54. The maximum atomic E-state index is 6.20. The Balaban J connectivity index is 1.41. The fourth-order valence-electron chi connectivity index (χ4n) is 5.28. The van der Waals surface area contributed by atoms with Gasteiger partial charge in [-0.1, -0.05) is 0 Å². The SMILES string of the molecule is c1cc2cc(C3=NC4(ON3)C3CC5CC4CN(C5)C3)ccc2s1. The molecule has 0 amide bonds. The van der Waals surface area contributed by atoms with Crippen LogP contribution in [-0.4, -0.2) is 36.1 Å². The Bertz CT molecular complexity index is 799. The van der Waals surface area contributed by atoms with Gasteiger partial charge < -0.3 is 4.90 Å².